The van der Waals surface area contributed by atoms with Gasteiger partial charge < -0.3 is 14.7 Å². The second kappa shape index (κ2) is 11.3. The van der Waals surface area contributed by atoms with Gasteiger partial charge in [0.05, 0.1) is 22.5 Å². The topological polar surface area (TPSA) is 101 Å². The lowest BCUT2D eigenvalue weighted by Gasteiger charge is -2.49. The number of rotatable bonds is 8. The minimum Gasteiger partial charge on any atom is -0.481 e. The summed E-state index contributed by atoms with van der Waals surface area (Å²) in [6, 6.07) is 12.4. The zero-order valence-corrected chi connectivity index (χ0v) is 23.8. The predicted molar refractivity (Wildman–Crippen MR) is 145 cm³/mol. The average Bonchev–Trinajstić information content (AvgIpc) is 2.81. The van der Waals surface area contributed by atoms with Gasteiger partial charge in [-0.3, -0.25) is 9.59 Å². The molecule has 7 nitrogen and oxygen atoms in total. The molecule has 1 amide bonds. The van der Waals surface area contributed by atoms with Crippen LogP contribution in [0.15, 0.2) is 48.5 Å². The molecular weight excluding hydrogens is 537 g/mol. The van der Waals surface area contributed by atoms with Gasteiger partial charge in [-0.25, -0.2) is 8.42 Å². The number of benzene rings is 2. The summed E-state index contributed by atoms with van der Waals surface area (Å²) in [5.74, 6) is -1.76. The molecule has 1 aliphatic heterocycles. The van der Waals surface area contributed by atoms with E-state index in [4.69, 9.17) is 27.9 Å². The van der Waals surface area contributed by atoms with Crippen molar-refractivity contribution in [1.82, 2.24) is 4.90 Å². The number of carboxylic acids is 1. The second-order valence-corrected chi connectivity index (χ2v) is 14.2. The highest BCUT2D eigenvalue weighted by Gasteiger charge is 2.50. The Labute approximate surface area is 228 Å². The molecule has 2 aromatic rings. The summed E-state index contributed by atoms with van der Waals surface area (Å²) in [6.45, 7) is 8.32. The molecule has 1 N–H and O–H groups in total. The van der Waals surface area contributed by atoms with Gasteiger partial charge in [0.25, 0.3) is 5.91 Å². The molecule has 3 rings (SSSR count). The van der Waals surface area contributed by atoms with E-state index in [0.717, 1.165) is 0 Å². The van der Waals surface area contributed by atoms with Crippen LogP contribution in [0.2, 0.25) is 10.0 Å². The lowest BCUT2D eigenvalue weighted by molar-refractivity contribution is -0.183. The fraction of sp³-hybridized carbons (Fsp3) is 0.481. The zero-order valence-electron chi connectivity index (χ0n) is 21.5. The molecule has 202 valence electrons. The predicted octanol–water partition coefficient (Wildman–Crippen LogP) is 5.86. The van der Waals surface area contributed by atoms with Crippen LogP contribution in [-0.2, 0) is 24.2 Å². The Balaban J connectivity index is 2.26. The van der Waals surface area contributed by atoms with E-state index in [9.17, 15) is 23.1 Å². The van der Waals surface area contributed by atoms with Crippen molar-refractivity contribution in [3.63, 3.8) is 0 Å². The molecule has 37 heavy (non-hydrogen) atoms. The molecule has 1 heterocycles. The van der Waals surface area contributed by atoms with Gasteiger partial charge in [-0.1, -0.05) is 54.4 Å². The van der Waals surface area contributed by atoms with Crippen LogP contribution < -0.4 is 0 Å². The molecule has 0 spiro atoms. The van der Waals surface area contributed by atoms with Gasteiger partial charge in [0.2, 0.25) is 0 Å². The third kappa shape index (κ3) is 6.14. The van der Waals surface area contributed by atoms with Crippen LogP contribution >= 0.6 is 23.2 Å². The number of halogens is 2. The maximum atomic E-state index is 13.9. The lowest BCUT2D eigenvalue weighted by Crippen LogP contribution is -2.59. The fourth-order valence-corrected chi connectivity index (χ4v) is 7.06. The van der Waals surface area contributed by atoms with Crippen LogP contribution in [0.3, 0.4) is 0 Å². The molecule has 0 aromatic heterocycles. The summed E-state index contributed by atoms with van der Waals surface area (Å²) in [4.78, 5) is 27.1. The second-order valence-electron chi connectivity index (χ2n) is 10.3. The number of nitrogens with zero attached hydrogens (tertiary/aromatic N) is 1. The Morgan fingerprint density at radius 3 is 2.22 bits per heavy atom. The number of aliphatic carboxylic acids is 1. The molecule has 1 fully saturated rings. The first-order valence-corrected chi connectivity index (χ1v) is 14.4. The Bertz CT molecular complexity index is 1240. The number of sulfone groups is 1. The Kier molecular flexibility index (Phi) is 9.00. The number of amides is 1. The molecule has 5 atom stereocenters. The van der Waals surface area contributed by atoms with Crippen molar-refractivity contribution in [2.45, 2.75) is 81.7 Å². The Morgan fingerprint density at radius 1 is 1.08 bits per heavy atom. The first-order chi connectivity index (χ1) is 17.2. The van der Waals surface area contributed by atoms with E-state index in [1.807, 2.05) is 6.92 Å². The van der Waals surface area contributed by atoms with Gasteiger partial charge in [0.15, 0.2) is 9.84 Å². The van der Waals surface area contributed by atoms with Gasteiger partial charge in [-0.15, -0.1) is 0 Å². The van der Waals surface area contributed by atoms with Crippen molar-refractivity contribution >= 4 is 44.9 Å². The first kappa shape index (κ1) is 29.4. The van der Waals surface area contributed by atoms with Crippen LogP contribution in [0, 0.1) is 0 Å². The summed E-state index contributed by atoms with van der Waals surface area (Å²) < 4.78 is 32.2. The van der Waals surface area contributed by atoms with Crippen LogP contribution in [0.1, 0.15) is 70.7 Å². The normalized spacial score (nSPS) is 22.5. The molecular formula is C27H33Cl2NO6S. The average molecular weight is 571 g/mol. The SMILES string of the molecule is CC[C@H]([C@@H](C)S(=O)(=O)C(C)(C)C)N1C(=O)[C@@H](CC(=O)O)O[C@H](c2cccc(Cl)c2)[C@H]1c1ccc(Cl)cc1. The highest BCUT2D eigenvalue weighted by molar-refractivity contribution is 7.93. The largest absolute Gasteiger partial charge is 0.481 e. The molecule has 10 heteroatoms. The molecule has 1 aliphatic rings. The molecule has 0 saturated carbocycles. The van der Waals surface area contributed by atoms with Gasteiger partial charge in [-0.05, 0) is 69.5 Å². The minimum atomic E-state index is -3.70. The lowest BCUT2D eigenvalue weighted by atomic mass is 9.89. The van der Waals surface area contributed by atoms with Crippen molar-refractivity contribution in [2.24, 2.45) is 0 Å². The Hall–Kier alpha value is -2.13. The fourth-order valence-electron chi connectivity index (χ4n) is 4.88. The quantitative estimate of drug-likeness (QED) is 0.427. The van der Waals surface area contributed by atoms with Crippen molar-refractivity contribution in [1.29, 1.82) is 0 Å². The molecule has 0 aliphatic carbocycles. The van der Waals surface area contributed by atoms with Gasteiger partial charge in [-0.2, -0.15) is 0 Å². The standard InChI is InChI=1S/C27H33Cl2NO6S/c1-6-21(16(2)37(34,35)27(3,4)5)30-24(17-10-12-19(28)13-11-17)25(18-8-7-9-20(29)14-18)36-22(26(30)33)15-23(31)32/h7-14,16,21-22,24-25H,6,15H2,1-5H3,(H,31,32)/t16-,21-,22-,24-,25-/m1/s1. The number of ether oxygens (including phenoxy) is 1. The van der Waals surface area contributed by atoms with E-state index >= 15 is 0 Å². The number of carboxylic acid groups (broad SMARTS) is 1. The zero-order chi connectivity index (χ0) is 27.7. The summed E-state index contributed by atoms with van der Waals surface area (Å²) in [5.41, 5.74) is 1.32. The smallest absolute Gasteiger partial charge is 0.306 e. The van der Waals surface area contributed by atoms with Crippen LogP contribution in [0.25, 0.3) is 0 Å². The van der Waals surface area contributed by atoms with E-state index in [1.165, 1.54) is 4.90 Å². The number of morpholine rings is 1. The Morgan fingerprint density at radius 2 is 1.70 bits per heavy atom. The van der Waals surface area contributed by atoms with E-state index in [0.29, 0.717) is 27.6 Å². The van der Waals surface area contributed by atoms with E-state index < -0.39 is 62.4 Å². The number of hydrogen-bond donors (Lipinski definition) is 1. The summed E-state index contributed by atoms with van der Waals surface area (Å²) >= 11 is 12.4. The maximum absolute atomic E-state index is 13.9. The number of hydrogen-bond acceptors (Lipinski definition) is 5. The highest BCUT2D eigenvalue weighted by Crippen LogP contribution is 2.45. The third-order valence-electron chi connectivity index (χ3n) is 6.84. The van der Waals surface area contributed by atoms with Crippen molar-refractivity contribution in [2.75, 3.05) is 0 Å². The van der Waals surface area contributed by atoms with Crippen molar-refractivity contribution in [3.8, 4) is 0 Å². The van der Waals surface area contributed by atoms with E-state index in [-0.39, 0.29) is 0 Å². The third-order valence-corrected chi connectivity index (χ3v) is 10.3. The summed E-state index contributed by atoms with van der Waals surface area (Å²) in [6.07, 6.45) is -2.34. The van der Waals surface area contributed by atoms with Crippen molar-refractivity contribution < 1.29 is 27.9 Å². The number of carbonyl (C=O) groups excluding carboxylic acids is 1. The highest BCUT2D eigenvalue weighted by atomic mass is 35.5. The monoisotopic (exact) mass is 569 g/mol. The van der Waals surface area contributed by atoms with Gasteiger partial charge >= 0.3 is 5.97 Å². The molecule has 1 saturated heterocycles. The minimum absolute atomic E-state index is 0.328. The summed E-state index contributed by atoms with van der Waals surface area (Å²) in [7, 11) is -3.70. The van der Waals surface area contributed by atoms with Crippen LogP contribution in [0.4, 0.5) is 0 Å². The van der Waals surface area contributed by atoms with Crippen LogP contribution in [-0.4, -0.2) is 52.4 Å². The van der Waals surface area contributed by atoms with Gasteiger partial charge in [0.1, 0.15) is 12.2 Å². The molecule has 0 bridgehead atoms. The number of carbonyl (C=O) groups is 2. The van der Waals surface area contributed by atoms with Crippen molar-refractivity contribution in [3.05, 3.63) is 69.7 Å². The van der Waals surface area contributed by atoms with E-state index in [1.54, 1.807) is 76.2 Å². The van der Waals surface area contributed by atoms with Gasteiger partial charge in [0, 0.05) is 16.1 Å². The van der Waals surface area contributed by atoms with E-state index in [2.05, 4.69) is 0 Å². The summed E-state index contributed by atoms with van der Waals surface area (Å²) in [5, 5.41) is 9.56. The maximum Gasteiger partial charge on any atom is 0.306 e. The first-order valence-electron chi connectivity index (χ1n) is 12.1. The van der Waals surface area contributed by atoms with Crippen LogP contribution in [0.5, 0.6) is 0 Å². The molecule has 0 unspecified atom stereocenters. The molecule has 0 radical (unpaired) electrons. The molecule has 2 aromatic carbocycles.